The van der Waals surface area contributed by atoms with Crippen LogP contribution in [0.15, 0.2) is 12.1 Å². The molecule has 0 aliphatic carbocycles. The van der Waals surface area contributed by atoms with Crippen LogP contribution in [-0.4, -0.2) is 11.9 Å². The molecule has 0 saturated carbocycles. The zero-order valence-corrected chi connectivity index (χ0v) is 9.36. The number of amides is 1. The molecular formula is C9H9Cl2FN2O. The molecule has 1 atom stereocenters. The molecule has 3 nitrogen and oxygen atoms in total. The summed E-state index contributed by atoms with van der Waals surface area (Å²) in [5.41, 5.74) is 5.65. The zero-order valence-electron chi connectivity index (χ0n) is 7.85. The number of nitrogens with two attached hydrogens (primary N) is 1. The van der Waals surface area contributed by atoms with Crippen LogP contribution >= 0.6 is 23.2 Å². The molecule has 0 bridgehead atoms. The van der Waals surface area contributed by atoms with E-state index in [9.17, 15) is 9.18 Å². The highest BCUT2D eigenvalue weighted by Crippen LogP contribution is 2.27. The fourth-order valence-electron chi connectivity index (χ4n) is 0.884. The lowest BCUT2D eigenvalue weighted by atomic mass is 10.2. The third-order valence-corrected chi connectivity index (χ3v) is 2.21. The Morgan fingerprint density at radius 3 is 2.33 bits per heavy atom. The molecule has 6 heteroatoms. The number of halogens is 3. The van der Waals surface area contributed by atoms with E-state index in [0.29, 0.717) is 5.69 Å². The van der Waals surface area contributed by atoms with E-state index in [1.54, 1.807) is 0 Å². The lowest BCUT2D eigenvalue weighted by Gasteiger charge is -2.08. The number of hydrogen-bond donors (Lipinski definition) is 2. The maximum absolute atomic E-state index is 13.0. The van der Waals surface area contributed by atoms with Crippen LogP contribution in [0, 0.1) is 5.82 Å². The fourth-order valence-corrected chi connectivity index (χ4v) is 1.37. The second-order valence-electron chi connectivity index (χ2n) is 3.03. The third kappa shape index (κ3) is 3.06. The molecule has 0 saturated heterocycles. The topological polar surface area (TPSA) is 55.1 Å². The number of benzene rings is 1. The van der Waals surface area contributed by atoms with E-state index in [1.165, 1.54) is 19.1 Å². The van der Waals surface area contributed by atoms with Crippen LogP contribution < -0.4 is 11.1 Å². The standard InChI is InChI=1S/C9H9Cl2FN2O/c1-4(13)9(15)14-5-2-6(10)8(12)7(11)3-5/h2-4H,13H2,1H3,(H,14,15). The lowest BCUT2D eigenvalue weighted by Crippen LogP contribution is -2.32. The number of carbonyl (C=O) groups excluding carboxylic acids is 1. The molecule has 0 radical (unpaired) electrons. The minimum atomic E-state index is -0.711. The Hall–Kier alpha value is -0.840. The highest BCUT2D eigenvalue weighted by atomic mass is 35.5. The first-order valence-corrected chi connectivity index (χ1v) is 4.88. The van der Waals surface area contributed by atoms with E-state index in [2.05, 4.69) is 5.32 Å². The van der Waals surface area contributed by atoms with Crippen molar-refractivity contribution in [3.8, 4) is 0 Å². The van der Waals surface area contributed by atoms with E-state index in [0.717, 1.165) is 0 Å². The van der Waals surface area contributed by atoms with Crippen molar-refractivity contribution in [2.75, 3.05) is 5.32 Å². The maximum Gasteiger partial charge on any atom is 0.241 e. The molecule has 3 N–H and O–H groups in total. The van der Waals surface area contributed by atoms with Crippen molar-refractivity contribution in [3.05, 3.63) is 28.0 Å². The van der Waals surface area contributed by atoms with Gasteiger partial charge in [0.15, 0.2) is 5.82 Å². The summed E-state index contributed by atoms with van der Waals surface area (Å²) >= 11 is 11.1. The summed E-state index contributed by atoms with van der Waals surface area (Å²) in [6.07, 6.45) is 0. The summed E-state index contributed by atoms with van der Waals surface area (Å²) in [5, 5.41) is 2.15. The first kappa shape index (κ1) is 12.2. The van der Waals surface area contributed by atoms with Crippen LogP contribution in [0.5, 0.6) is 0 Å². The molecule has 0 aliphatic rings. The molecule has 1 amide bonds. The normalized spacial score (nSPS) is 12.3. The predicted octanol–water partition coefficient (Wildman–Crippen LogP) is 2.42. The molecule has 0 spiro atoms. The predicted molar refractivity (Wildman–Crippen MR) is 58.7 cm³/mol. The van der Waals surface area contributed by atoms with Gasteiger partial charge in [0.2, 0.25) is 5.91 Å². The molecule has 0 fully saturated rings. The van der Waals surface area contributed by atoms with E-state index in [4.69, 9.17) is 28.9 Å². The van der Waals surface area contributed by atoms with Crippen LogP contribution in [0.2, 0.25) is 10.0 Å². The first-order valence-electron chi connectivity index (χ1n) is 4.13. The van der Waals surface area contributed by atoms with Gasteiger partial charge < -0.3 is 11.1 Å². The SMILES string of the molecule is CC(N)C(=O)Nc1cc(Cl)c(F)c(Cl)c1. The Bertz CT molecular complexity index is 373. The Labute approximate surface area is 96.3 Å². The van der Waals surface area contributed by atoms with Crippen molar-refractivity contribution >= 4 is 34.8 Å². The number of carbonyl (C=O) groups is 1. The molecule has 0 aliphatic heterocycles. The van der Waals surface area contributed by atoms with Gasteiger partial charge in [0.25, 0.3) is 0 Å². The van der Waals surface area contributed by atoms with Crippen LogP contribution in [0.1, 0.15) is 6.92 Å². The minimum Gasteiger partial charge on any atom is -0.325 e. The molecule has 1 unspecified atom stereocenters. The van der Waals surface area contributed by atoms with Gasteiger partial charge in [-0.2, -0.15) is 0 Å². The van der Waals surface area contributed by atoms with Gasteiger partial charge in [-0.15, -0.1) is 0 Å². The molecule has 0 heterocycles. The molecule has 15 heavy (non-hydrogen) atoms. The van der Waals surface area contributed by atoms with Crippen LogP contribution in [0.25, 0.3) is 0 Å². The average Bonchev–Trinajstić information content (AvgIpc) is 2.13. The monoisotopic (exact) mass is 250 g/mol. The molecular weight excluding hydrogens is 242 g/mol. The van der Waals surface area contributed by atoms with E-state index < -0.39 is 17.8 Å². The Morgan fingerprint density at radius 2 is 1.93 bits per heavy atom. The summed E-state index contributed by atoms with van der Waals surface area (Å²) < 4.78 is 13.0. The quantitative estimate of drug-likeness (QED) is 0.793. The summed E-state index contributed by atoms with van der Waals surface area (Å²) in [6.45, 7) is 1.53. The second kappa shape index (κ2) is 4.79. The highest BCUT2D eigenvalue weighted by molar-refractivity contribution is 6.35. The number of nitrogens with one attached hydrogen (secondary N) is 1. The van der Waals surface area contributed by atoms with Gasteiger partial charge in [-0.05, 0) is 19.1 Å². The van der Waals surface area contributed by atoms with Gasteiger partial charge in [-0.25, -0.2) is 4.39 Å². The maximum atomic E-state index is 13.0. The Kier molecular flexibility index (Phi) is 3.90. The Balaban J connectivity index is 2.93. The Morgan fingerprint density at radius 1 is 1.47 bits per heavy atom. The minimum absolute atomic E-state index is 0.150. The molecule has 1 rings (SSSR count). The van der Waals surface area contributed by atoms with Gasteiger partial charge >= 0.3 is 0 Å². The van der Waals surface area contributed by atoms with Crippen LogP contribution in [0.4, 0.5) is 10.1 Å². The zero-order chi connectivity index (χ0) is 11.6. The second-order valence-corrected chi connectivity index (χ2v) is 3.85. The third-order valence-electron chi connectivity index (χ3n) is 1.66. The van der Waals surface area contributed by atoms with E-state index in [1.807, 2.05) is 0 Å². The summed E-state index contributed by atoms with van der Waals surface area (Å²) in [5.74, 6) is -1.11. The first-order chi connectivity index (χ1) is 6.91. The van der Waals surface area contributed by atoms with Gasteiger partial charge in [-0.3, -0.25) is 4.79 Å². The van der Waals surface area contributed by atoms with Crippen molar-refractivity contribution in [3.63, 3.8) is 0 Å². The lowest BCUT2D eigenvalue weighted by molar-refractivity contribution is -0.117. The number of hydrogen-bond acceptors (Lipinski definition) is 2. The molecule has 1 aromatic rings. The van der Waals surface area contributed by atoms with E-state index in [-0.39, 0.29) is 10.0 Å². The number of rotatable bonds is 2. The van der Waals surface area contributed by atoms with Crippen molar-refractivity contribution < 1.29 is 9.18 Å². The molecule has 1 aromatic carbocycles. The smallest absolute Gasteiger partial charge is 0.241 e. The van der Waals surface area contributed by atoms with Gasteiger partial charge in [0.1, 0.15) is 0 Å². The summed E-state index contributed by atoms with van der Waals surface area (Å²) in [6, 6.07) is 1.87. The van der Waals surface area contributed by atoms with Gasteiger partial charge in [0.05, 0.1) is 16.1 Å². The van der Waals surface area contributed by atoms with Gasteiger partial charge in [0, 0.05) is 5.69 Å². The van der Waals surface area contributed by atoms with Crippen molar-refractivity contribution in [2.45, 2.75) is 13.0 Å². The fraction of sp³-hybridized carbons (Fsp3) is 0.222. The summed E-state index contributed by atoms with van der Waals surface area (Å²) in [7, 11) is 0. The van der Waals surface area contributed by atoms with E-state index >= 15 is 0 Å². The van der Waals surface area contributed by atoms with Crippen molar-refractivity contribution in [2.24, 2.45) is 5.73 Å². The van der Waals surface area contributed by atoms with Gasteiger partial charge in [-0.1, -0.05) is 23.2 Å². The summed E-state index contributed by atoms with van der Waals surface area (Å²) in [4.78, 5) is 11.2. The molecule has 82 valence electrons. The van der Waals surface area contributed by atoms with Crippen molar-refractivity contribution in [1.29, 1.82) is 0 Å². The average molecular weight is 251 g/mol. The van der Waals surface area contributed by atoms with Crippen LogP contribution in [-0.2, 0) is 4.79 Å². The highest BCUT2D eigenvalue weighted by Gasteiger charge is 2.11. The van der Waals surface area contributed by atoms with Crippen LogP contribution in [0.3, 0.4) is 0 Å². The number of anilines is 1. The van der Waals surface area contributed by atoms with Crippen molar-refractivity contribution in [1.82, 2.24) is 0 Å². The largest absolute Gasteiger partial charge is 0.325 e. The molecule has 0 aromatic heterocycles.